The Kier molecular flexibility index (Phi) is 2.37. The molecular formula is C9H11ClN4. The Labute approximate surface area is 86.9 Å². The molecule has 0 saturated carbocycles. The van der Waals surface area contributed by atoms with E-state index in [4.69, 9.17) is 11.6 Å². The third kappa shape index (κ3) is 1.57. The van der Waals surface area contributed by atoms with Gasteiger partial charge in [0.2, 0.25) is 0 Å². The highest BCUT2D eigenvalue weighted by molar-refractivity contribution is 6.29. The van der Waals surface area contributed by atoms with Crippen LogP contribution in [0.15, 0.2) is 12.4 Å². The summed E-state index contributed by atoms with van der Waals surface area (Å²) in [7, 11) is 0. The van der Waals surface area contributed by atoms with Crippen LogP contribution >= 0.6 is 11.6 Å². The van der Waals surface area contributed by atoms with Gasteiger partial charge in [-0.1, -0.05) is 25.4 Å². The van der Waals surface area contributed by atoms with Crippen LogP contribution in [-0.2, 0) is 6.42 Å². The van der Waals surface area contributed by atoms with Crippen molar-refractivity contribution in [1.82, 2.24) is 19.6 Å². The van der Waals surface area contributed by atoms with E-state index in [1.807, 2.05) is 4.40 Å². The molecule has 74 valence electrons. The van der Waals surface area contributed by atoms with Crippen molar-refractivity contribution >= 4 is 17.2 Å². The van der Waals surface area contributed by atoms with Crippen LogP contribution in [-0.4, -0.2) is 19.6 Å². The molecule has 4 nitrogen and oxygen atoms in total. The predicted molar refractivity (Wildman–Crippen MR) is 54.3 cm³/mol. The number of halogens is 1. The summed E-state index contributed by atoms with van der Waals surface area (Å²) in [6.07, 6.45) is 4.12. The van der Waals surface area contributed by atoms with Crippen molar-refractivity contribution in [2.75, 3.05) is 0 Å². The molecule has 2 rings (SSSR count). The number of hydrogen-bond acceptors (Lipinski definition) is 3. The van der Waals surface area contributed by atoms with Crippen molar-refractivity contribution in [1.29, 1.82) is 0 Å². The van der Waals surface area contributed by atoms with Crippen LogP contribution in [0.2, 0.25) is 5.15 Å². The van der Waals surface area contributed by atoms with Crippen LogP contribution in [0.4, 0.5) is 0 Å². The van der Waals surface area contributed by atoms with Gasteiger partial charge in [0.05, 0.1) is 12.4 Å². The second-order valence-corrected chi connectivity index (χ2v) is 4.03. The lowest BCUT2D eigenvalue weighted by Crippen LogP contribution is -2.01. The van der Waals surface area contributed by atoms with Gasteiger partial charge in [-0.3, -0.25) is 9.38 Å². The topological polar surface area (TPSA) is 43.1 Å². The second kappa shape index (κ2) is 3.53. The number of rotatable bonds is 2. The fourth-order valence-corrected chi connectivity index (χ4v) is 1.61. The summed E-state index contributed by atoms with van der Waals surface area (Å²) in [4.78, 5) is 3.95. The van der Waals surface area contributed by atoms with E-state index in [1.165, 1.54) is 0 Å². The molecule has 0 aliphatic carbocycles. The SMILES string of the molecule is CC(C)Cc1nnc2cncc(Cl)n12. The van der Waals surface area contributed by atoms with E-state index >= 15 is 0 Å². The summed E-state index contributed by atoms with van der Waals surface area (Å²) in [5.74, 6) is 1.43. The molecule has 0 atom stereocenters. The third-order valence-corrected chi connectivity index (χ3v) is 2.20. The van der Waals surface area contributed by atoms with Crippen LogP contribution in [0, 0.1) is 5.92 Å². The molecule has 0 fully saturated rings. The van der Waals surface area contributed by atoms with Gasteiger partial charge in [0.25, 0.3) is 0 Å². The lowest BCUT2D eigenvalue weighted by molar-refractivity contribution is 0.616. The minimum absolute atomic E-state index is 0.534. The molecule has 0 spiro atoms. The van der Waals surface area contributed by atoms with Crippen molar-refractivity contribution in [2.24, 2.45) is 5.92 Å². The average molecular weight is 211 g/mol. The Hall–Kier alpha value is -1.16. The molecule has 0 aliphatic heterocycles. The monoisotopic (exact) mass is 210 g/mol. The maximum Gasteiger partial charge on any atom is 0.180 e. The molecule has 0 amide bonds. The quantitative estimate of drug-likeness (QED) is 0.761. The maximum atomic E-state index is 6.01. The van der Waals surface area contributed by atoms with Crippen molar-refractivity contribution in [3.63, 3.8) is 0 Å². The number of hydrogen-bond donors (Lipinski definition) is 0. The first-order chi connectivity index (χ1) is 6.68. The summed E-state index contributed by atoms with van der Waals surface area (Å²) in [5, 5.41) is 8.64. The first-order valence-corrected chi connectivity index (χ1v) is 4.90. The van der Waals surface area contributed by atoms with Gasteiger partial charge >= 0.3 is 0 Å². The van der Waals surface area contributed by atoms with Crippen LogP contribution < -0.4 is 0 Å². The summed E-state index contributed by atoms with van der Waals surface area (Å²) in [6.45, 7) is 4.27. The zero-order valence-electron chi connectivity index (χ0n) is 8.11. The summed E-state index contributed by atoms with van der Waals surface area (Å²) >= 11 is 6.01. The molecule has 14 heavy (non-hydrogen) atoms. The highest BCUT2D eigenvalue weighted by atomic mass is 35.5. The normalized spacial score (nSPS) is 11.4. The van der Waals surface area contributed by atoms with Gasteiger partial charge in [0.15, 0.2) is 5.65 Å². The van der Waals surface area contributed by atoms with Crippen molar-refractivity contribution in [3.05, 3.63) is 23.4 Å². The van der Waals surface area contributed by atoms with Crippen LogP contribution in [0.1, 0.15) is 19.7 Å². The second-order valence-electron chi connectivity index (χ2n) is 3.64. The largest absolute Gasteiger partial charge is 0.266 e. The van der Waals surface area contributed by atoms with Crippen molar-refractivity contribution in [3.8, 4) is 0 Å². The van der Waals surface area contributed by atoms with E-state index < -0.39 is 0 Å². The molecule has 0 N–H and O–H groups in total. The van der Waals surface area contributed by atoms with E-state index in [-0.39, 0.29) is 0 Å². The Bertz CT molecular complexity index is 449. The molecule has 0 bridgehead atoms. The Balaban J connectivity index is 2.55. The smallest absolute Gasteiger partial charge is 0.180 e. The van der Waals surface area contributed by atoms with Gasteiger partial charge in [0.1, 0.15) is 11.0 Å². The number of nitrogens with zero attached hydrogens (tertiary/aromatic N) is 4. The molecule has 0 unspecified atom stereocenters. The van der Waals surface area contributed by atoms with Gasteiger partial charge in [-0.15, -0.1) is 10.2 Å². The fraction of sp³-hybridized carbons (Fsp3) is 0.444. The first-order valence-electron chi connectivity index (χ1n) is 4.52. The third-order valence-electron chi connectivity index (χ3n) is 1.93. The standard InChI is InChI=1S/C9H11ClN4/c1-6(2)3-8-12-13-9-5-11-4-7(10)14(8)9/h4-6H,3H2,1-2H3. The van der Waals surface area contributed by atoms with Gasteiger partial charge < -0.3 is 0 Å². The van der Waals surface area contributed by atoms with Crippen LogP contribution in [0.3, 0.4) is 0 Å². The molecular weight excluding hydrogens is 200 g/mol. The predicted octanol–water partition coefficient (Wildman–Crippen LogP) is 1.98. The minimum atomic E-state index is 0.534. The van der Waals surface area contributed by atoms with Crippen molar-refractivity contribution in [2.45, 2.75) is 20.3 Å². The summed E-state index contributed by atoms with van der Waals surface area (Å²) in [6, 6.07) is 0. The van der Waals surface area contributed by atoms with Gasteiger partial charge in [-0.05, 0) is 5.92 Å². The Morgan fingerprint density at radius 2 is 2.14 bits per heavy atom. The zero-order chi connectivity index (χ0) is 10.1. The van der Waals surface area contributed by atoms with E-state index in [1.54, 1.807) is 12.4 Å². The lowest BCUT2D eigenvalue weighted by Gasteiger charge is -2.03. The van der Waals surface area contributed by atoms with Crippen LogP contribution in [0.25, 0.3) is 5.65 Å². The molecule has 5 heteroatoms. The molecule has 0 saturated heterocycles. The zero-order valence-corrected chi connectivity index (χ0v) is 8.86. The number of aromatic nitrogens is 4. The van der Waals surface area contributed by atoms with E-state index in [2.05, 4.69) is 29.0 Å². The Morgan fingerprint density at radius 3 is 2.86 bits per heavy atom. The molecule has 2 aromatic heterocycles. The van der Waals surface area contributed by atoms with E-state index in [0.29, 0.717) is 16.7 Å². The Morgan fingerprint density at radius 1 is 1.36 bits per heavy atom. The number of fused-ring (bicyclic) bond motifs is 1. The van der Waals surface area contributed by atoms with Gasteiger partial charge in [-0.25, -0.2) is 0 Å². The van der Waals surface area contributed by atoms with Crippen LogP contribution in [0.5, 0.6) is 0 Å². The average Bonchev–Trinajstić information content (AvgIpc) is 2.49. The molecule has 0 aliphatic rings. The molecule has 0 radical (unpaired) electrons. The fourth-order valence-electron chi connectivity index (χ4n) is 1.37. The minimum Gasteiger partial charge on any atom is -0.266 e. The molecule has 2 aromatic rings. The first kappa shape index (κ1) is 9.40. The maximum absolute atomic E-state index is 6.01. The van der Waals surface area contributed by atoms with Gasteiger partial charge in [-0.2, -0.15) is 0 Å². The molecule has 2 heterocycles. The van der Waals surface area contributed by atoms with E-state index in [0.717, 1.165) is 12.2 Å². The highest BCUT2D eigenvalue weighted by Gasteiger charge is 2.09. The molecule has 0 aromatic carbocycles. The lowest BCUT2D eigenvalue weighted by atomic mass is 10.1. The highest BCUT2D eigenvalue weighted by Crippen LogP contribution is 2.14. The summed E-state index contributed by atoms with van der Waals surface area (Å²) < 4.78 is 1.83. The van der Waals surface area contributed by atoms with Gasteiger partial charge in [0, 0.05) is 6.42 Å². The van der Waals surface area contributed by atoms with Crippen molar-refractivity contribution < 1.29 is 0 Å². The van der Waals surface area contributed by atoms with E-state index in [9.17, 15) is 0 Å². The summed E-state index contributed by atoms with van der Waals surface area (Å²) in [5.41, 5.74) is 0.702.